The summed E-state index contributed by atoms with van der Waals surface area (Å²) in [6, 6.07) is 13.4. The second-order valence-corrected chi connectivity index (χ2v) is 9.39. The zero-order chi connectivity index (χ0) is 21.8. The van der Waals surface area contributed by atoms with E-state index in [-0.39, 0.29) is 23.2 Å². The lowest BCUT2D eigenvalue weighted by molar-refractivity contribution is -0.0587. The van der Waals surface area contributed by atoms with E-state index in [1.54, 1.807) is 12.1 Å². The fourth-order valence-electron chi connectivity index (χ4n) is 4.51. The van der Waals surface area contributed by atoms with Gasteiger partial charge in [0.05, 0.1) is 24.4 Å². The van der Waals surface area contributed by atoms with Gasteiger partial charge in [0.2, 0.25) is 0 Å². The van der Waals surface area contributed by atoms with E-state index >= 15 is 0 Å². The molecule has 0 aliphatic carbocycles. The number of hydrogen-bond donors (Lipinski definition) is 2. The molecule has 1 heterocycles. The van der Waals surface area contributed by atoms with Gasteiger partial charge in [0.15, 0.2) is 0 Å². The monoisotopic (exact) mass is 404 g/mol. The van der Waals surface area contributed by atoms with Crippen molar-refractivity contribution in [2.45, 2.75) is 52.2 Å². The van der Waals surface area contributed by atoms with E-state index in [0.29, 0.717) is 6.61 Å². The van der Waals surface area contributed by atoms with Crippen LogP contribution in [-0.2, 0) is 22.4 Å². The van der Waals surface area contributed by atoms with Gasteiger partial charge >= 0.3 is 5.97 Å². The van der Waals surface area contributed by atoms with Crippen molar-refractivity contribution in [3.63, 3.8) is 0 Å². The molecule has 0 atom stereocenters. The maximum atomic E-state index is 11.4. The van der Waals surface area contributed by atoms with Crippen LogP contribution in [0.25, 0.3) is 21.9 Å². The molecule has 0 bridgehead atoms. The predicted molar refractivity (Wildman–Crippen MR) is 119 cm³/mol. The summed E-state index contributed by atoms with van der Waals surface area (Å²) in [4.78, 5) is 11.4. The van der Waals surface area contributed by atoms with E-state index in [1.165, 1.54) is 11.1 Å². The van der Waals surface area contributed by atoms with E-state index in [2.05, 4.69) is 46.8 Å². The molecule has 4 heteroatoms. The minimum absolute atomic E-state index is 0.0829. The highest BCUT2D eigenvalue weighted by Gasteiger charge is 2.38. The molecule has 0 saturated heterocycles. The summed E-state index contributed by atoms with van der Waals surface area (Å²) in [5.74, 6) is -0.946. The SMILES string of the molecule is Cc1cc2c(cc1-c1c(CO)ccc3cc(C(=O)O)ccc13)C(C)(C)COC2(C)C. The zero-order valence-electron chi connectivity index (χ0n) is 18.2. The van der Waals surface area contributed by atoms with Gasteiger partial charge in [0.1, 0.15) is 0 Å². The fraction of sp³-hybridized carbons (Fsp3) is 0.346. The average molecular weight is 405 g/mol. The lowest BCUT2D eigenvalue weighted by atomic mass is 9.73. The Bertz CT molecular complexity index is 1170. The molecular formula is C26H28O4. The highest BCUT2D eigenvalue weighted by atomic mass is 16.5. The Balaban J connectivity index is 2.04. The van der Waals surface area contributed by atoms with Gasteiger partial charge < -0.3 is 14.9 Å². The van der Waals surface area contributed by atoms with Crippen molar-refractivity contribution in [1.29, 1.82) is 0 Å². The summed E-state index contributed by atoms with van der Waals surface area (Å²) in [5.41, 5.74) is 6.18. The minimum atomic E-state index is -0.946. The number of aryl methyl sites for hydroxylation is 1. The van der Waals surface area contributed by atoms with Crippen molar-refractivity contribution < 1.29 is 19.7 Å². The van der Waals surface area contributed by atoms with E-state index < -0.39 is 5.97 Å². The topological polar surface area (TPSA) is 66.8 Å². The molecule has 0 amide bonds. The zero-order valence-corrected chi connectivity index (χ0v) is 18.2. The van der Waals surface area contributed by atoms with Crippen LogP contribution < -0.4 is 0 Å². The molecule has 0 fully saturated rings. The van der Waals surface area contributed by atoms with E-state index in [9.17, 15) is 15.0 Å². The Kier molecular flexibility index (Phi) is 4.75. The first-order valence-corrected chi connectivity index (χ1v) is 10.2. The summed E-state index contributed by atoms with van der Waals surface area (Å²) in [5, 5.41) is 21.2. The summed E-state index contributed by atoms with van der Waals surface area (Å²) in [7, 11) is 0. The lowest BCUT2D eigenvalue weighted by Crippen LogP contribution is -2.40. The molecule has 3 aromatic rings. The van der Waals surface area contributed by atoms with Crippen molar-refractivity contribution in [2.75, 3.05) is 6.61 Å². The number of carboxylic acid groups (broad SMARTS) is 1. The number of hydrogen-bond acceptors (Lipinski definition) is 3. The first-order valence-electron chi connectivity index (χ1n) is 10.2. The number of aliphatic hydroxyl groups is 1. The number of carbonyl (C=O) groups is 1. The maximum Gasteiger partial charge on any atom is 0.335 e. The van der Waals surface area contributed by atoms with Crippen LogP contribution in [0.5, 0.6) is 0 Å². The van der Waals surface area contributed by atoms with E-state index in [4.69, 9.17) is 4.74 Å². The second kappa shape index (κ2) is 6.93. The number of ether oxygens (including phenoxy) is 1. The summed E-state index contributed by atoms with van der Waals surface area (Å²) in [6.07, 6.45) is 0. The molecule has 0 aromatic heterocycles. The van der Waals surface area contributed by atoms with Crippen molar-refractivity contribution >= 4 is 16.7 Å². The van der Waals surface area contributed by atoms with Gasteiger partial charge in [-0.15, -0.1) is 0 Å². The fourth-order valence-corrected chi connectivity index (χ4v) is 4.51. The quantitative estimate of drug-likeness (QED) is 0.601. The van der Waals surface area contributed by atoms with Crippen molar-refractivity contribution in [3.8, 4) is 11.1 Å². The van der Waals surface area contributed by atoms with Crippen LogP contribution in [0.1, 0.15) is 60.3 Å². The molecule has 4 rings (SSSR count). The third-order valence-corrected chi connectivity index (χ3v) is 6.33. The molecule has 3 aromatic carbocycles. The Hall–Kier alpha value is -2.69. The predicted octanol–water partition coefficient (Wildman–Crippen LogP) is 5.55. The summed E-state index contributed by atoms with van der Waals surface area (Å²) >= 11 is 0. The molecular weight excluding hydrogens is 376 g/mol. The van der Waals surface area contributed by atoms with E-state index in [1.807, 2.05) is 18.2 Å². The normalized spacial score (nSPS) is 17.0. The Morgan fingerprint density at radius 3 is 2.43 bits per heavy atom. The molecule has 156 valence electrons. The number of carboxylic acids is 1. The van der Waals surface area contributed by atoms with Crippen LogP contribution in [0, 0.1) is 6.92 Å². The van der Waals surface area contributed by atoms with Crippen LogP contribution in [-0.4, -0.2) is 22.8 Å². The van der Waals surface area contributed by atoms with Gasteiger partial charge in [-0.2, -0.15) is 0 Å². The van der Waals surface area contributed by atoms with Crippen molar-refractivity contribution in [1.82, 2.24) is 0 Å². The molecule has 1 aliphatic rings. The van der Waals surface area contributed by atoms with Gasteiger partial charge in [0.25, 0.3) is 0 Å². The van der Waals surface area contributed by atoms with Crippen LogP contribution in [0.2, 0.25) is 0 Å². The highest BCUT2D eigenvalue weighted by molar-refractivity contribution is 6.02. The number of benzene rings is 3. The molecule has 0 radical (unpaired) electrons. The second-order valence-electron chi connectivity index (χ2n) is 9.39. The number of aromatic carboxylic acids is 1. The summed E-state index contributed by atoms with van der Waals surface area (Å²) in [6.45, 7) is 11.2. The molecule has 0 spiro atoms. The molecule has 2 N–H and O–H groups in total. The molecule has 0 unspecified atom stereocenters. The maximum absolute atomic E-state index is 11.4. The average Bonchev–Trinajstić information content (AvgIpc) is 2.70. The van der Waals surface area contributed by atoms with Gasteiger partial charge in [0, 0.05) is 5.41 Å². The first kappa shape index (κ1) is 20.6. The van der Waals surface area contributed by atoms with Gasteiger partial charge in [-0.05, 0) is 83.1 Å². The van der Waals surface area contributed by atoms with Gasteiger partial charge in [-0.25, -0.2) is 4.79 Å². The first-order chi connectivity index (χ1) is 14.0. The van der Waals surface area contributed by atoms with Crippen molar-refractivity contribution in [3.05, 3.63) is 70.3 Å². The molecule has 30 heavy (non-hydrogen) atoms. The molecule has 0 saturated carbocycles. The summed E-state index contributed by atoms with van der Waals surface area (Å²) < 4.78 is 6.16. The third-order valence-electron chi connectivity index (χ3n) is 6.33. The van der Waals surface area contributed by atoms with Gasteiger partial charge in [-0.1, -0.05) is 38.1 Å². The Morgan fingerprint density at radius 2 is 1.77 bits per heavy atom. The Morgan fingerprint density at radius 1 is 1.03 bits per heavy atom. The largest absolute Gasteiger partial charge is 0.478 e. The lowest BCUT2D eigenvalue weighted by Gasteiger charge is -2.42. The van der Waals surface area contributed by atoms with Crippen molar-refractivity contribution in [2.24, 2.45) is 0 Å². The van der Waals surface area contributed by atoms with Crippen LogP contribution >= 0.6 is 0 Å². The highest BCUT2D eigenvalue weighted by Crippen LogP contribution is 2.45. The van der Waals surface area contributed by atoms with Gasteiger partial charge in [-0.3, -0.25) is 0 Å². The number of rotatable bonds is 3. The van der Waals surface area contributed by atoms with Crippen LogP contribution in [0.4, 0.5) is 0 Å². The standard InChI is InChI=1S/C26H28O4/c1-15-10-22-21(25(2,3)14-30-26(22,4)5)12-20(15)23-18(13-27)7-6-16-11-17(24(28)29)8-9-19(16)23/h6-12,27H,13-14H2,1-5H3,(H,28,29). The van der Waals surface area contributed by atoms with E-state index in [0.717, 1.165) is 33.0 Å². The third kappa shape index (κ3) is 3.21. The molecule has 4 nitrogen and oxygen atoms in total. The molecule has 1 aliphatic heterocycles. The van der Waals surface area contributed by atoms with Crippen LogP contribution in [0.3, 0.4) is 0 Å². The number of aliphatic hydroxyl groups excluding tert-OH is 1. The Labute approximate surface area is 177 Å². The smallest absolute Gasteiger partial charge is 0.335 e. The van der Waals surface area contributed by atoms with Crippen LogP contribution in [0.15, 0.2) is 42.5 Å². The number of fused-ring (bicyclic) bond motifs is 2. The minimum Gasteiger partial charge on any atom is -0.478 e.